The molecule has 2 fully saturated rings. The molecule has 0 amide bonds. The molecule has 2 heterocycles. The second-order valence-corrected chi connectivity index (χ2v) is 6.81. The van der Waals surface area contributed by atoms with Crippen molar-refractivity contribution in [3.63, 3.8) is 0 Å². The van der Waals surface area contributed by atoms with E-state index < -0.39 is 0 Å². The molecule has 1 N–H and O–H groups in total. The average molecular weight is 361 g/mol. The number of benzene rings is 1. The number of nitrogens with one attached hydrogen (secondary N) is 1. The molecular weight excluding hydrogens is 328 g/mol. The van der Waals surface area contributed by atoms with Crippen LogP contribution in [0.4, 0.5) is 0 Å². The Morgan fingerprint density at radius 2 is 1.88 bits per heavy atom. The predicted octanol–water partition coefficient (Wildman–Crippen LogP) is 1.83. The van der Waals surface area contributed by atoms with Gasteiger partial charge in [0, 0.05) is 52.1 Å². The first-order valence-electron chi connectivity index (χ1n) is 9.90. The average Bonchev–Trinajstić information content (AvgIpc) is 2.70. The van der Waals surface area contributed by atoms with E-state index in [0.29, 0.717) is 6.10 Å². The number of likely N-dealkylation sites (tertiary alicyclic amines) is 1. The first-order valence-corrected chi connectivity index (χ1v) is 9.90. The molecule has 26 heavy (non-hydrogen) atoms. The standard InChI is InChI=1S/C20H32N4O2/c1-2-21-20(22-10-13-23-14-16-25-17-15-23)24-11-8-19(9-12-24)26-18-6-4-3-5-7-18/h3-7,19H,2,8-17H2,1H3,(H,21,22). The zero-order valence-corrected chi connectivity index (χ0v) is 15.9. The molecule has 6 heteroatoms. The topological polar surface area (TPSA) is 49.3 Å². The number of rotatable bonds is 6. The Bertz CT molecular complexity index is 538. The normalized spacial score (nSPS) is 20.2. The SMILES string of the molecule is CCNC(=NCCN1CCOCC1)N1CCC(Oc2ccccc2)CC1. The molecule has 0 radical (unpaired) electrons. The van der Waals surface area contributed by atoms with Gasteiger partial charge in [0.25, 0.3) is 0 Å². The van der Waals surface area contributed by atoms with Gasteiger partial charge in [0.2, 0.25) is 0 Å². The number of nitrogens with zero attached hydrogens (tertiary/aromatic N) is 3. The summed E-state index contributed by atoms with van der Waals surface area (Å²) in [5.74, 6) is 2.01. The zero-order chi connectivity index (χ0) is 18.0. The van der Waals surface area contributed by atoms with E-state index in [0.717, 1.165) is 83.6 Å². The second-order valence-electron chi connectivity index (χ2n) is 6.81. The molecule has 1 aromatic carbocycles. The summed E-state index contributed by atoms with van der Waals surface area (Å²) in [6, 6.07) is 10.1. The van der Waals surface area contributed by atoms with E-state index in [-0.39, 0.29) is 0 Å². The highest BCUT2D eigenvalue weighted by Crippen LogP contribution is 2.18. The van der Waals surface area contributed by atoms with Gasteiger partial charge < -0.3 is 19.7 Å². The molecule has 6 nitrogen and oxygen atoms in total. The zero-order valence-electron chi connectivity index (χ0n) is 15.9. The van der Waals surface area contributed by atoms with Crippen molar-refractivity contribution in [1.29, 1.82) is 0 Å². The maximum Gasteiger partial charge on any atom is 0.193 e. The van der Waals surface area contributed by atoms with Crippen LogP contribution >= 0.6 is 0 Å². The predicted molar refractivity (Wildman–Crippen MR) is 105 cm³/mol. The van der Waals surface area contributed by atoms with Crippen molar-refractivity contribution in [3.05, 3.63) is 30.3 Å². The number of guanidine groups is 1. The fraction of sp³-hybridized carbons (Fsp3) is 0.650. The Morgan fingerprint density at radius 3 is 2.58 bits per heavy atom. The molecule has 2 aliphatic heterocycles. The number of ether oxygens (including phenoxy) is 2. The largest absolute Gasteiger partial charge is 0.490 e. The number of hydrogen-bond acceptors (Lipinski definition) is 4. The minimum Gasteiger partial charge on any atom is -0.490 e. The van der Waals surface area contributed by atoms with E-state index >= 15 is 0 Å². The highest BCUT2D eigenvalue weighted by atomic mass is 16.5. The maximum atomic E-state index is 6.10. The van der Waals surface area contributed by atoms with Gasteiger partial charge in [-0.15, -0.1) is 0 Å². The Labute approximate surface area is 157 Å². The van der Waals surface area contributed by atoms with Crippen LogP contribution in [0, 0.1) is 0 Å². The summed E-state index contributed by atoms with van der Waals surface area (Å²) < 4.78 is 11.5. The Kier molecular flexibility index (Phi) is 7.58. The van der Waals surface area contributed by atoms with E-state index in [1.54, 1.807) is 0 Å². The summed E-state index contributed by atoms with van der Waals surface area (Å²) in [6.07, 6.45) is 2.36. The maximum absolute atomic E-state index is 6.10. The van der Waals surface area contributed by atoms with Gasteiger partial charge in [-0.25, -0.2) is 0 Å². The third kappa shape index (κ3) is 5.88. The fourth-order valence-electron chi connectivity index (χ4n) is 3.42. The number of hydrogen-bond donors (Lipinski definition) is 1. The van der Waals surface area contributed by atoms with Crippen molar-refractivity contribution in [2.75, 3.05) is 59.0 Å². The van der Waals surface area contributed by atoms with E-state index in [4.69, 9.17) is 14.5 Å². The van der Waals surface area contributed by atoms with Crippen molar-refractivity contribution in [3.8, 4) is 5.75 Å². The molecule has 2 aliphatic rings. The lowest BCUT2D eigenvalue weighted by Crippen LogP contribution is -2.48. The lowest BCUT2D eigenvalue weighted by Gasteiger charge is -2.34. The molecule has 0 unspecified atom stereocenters. The lowest BCUT2D eigenvalue weighted by atomic mass is 10.1. The highest BCUT2D eigenvalue weighted by Gasteiger charge is 2.22. The van der Waals surface area contributed by atoms with Crippen LogP contribution in [-0.2, 0) is 4.74 Å². The Balaban J connectivity index is 1.45. The fourth-order valence-corrected chi connectivity index (χ4v) is 3.42. The molecule has 1 aromatic rings. The third-order valence-electron chi connectivity index (χ3n) is 4.90. The number of morpholine rings is 1. The quantitative estimate of drug-likeness (QED) is 0.620. The van der Waals surface area contributed by atoms with Gasteiger partial charge in [-0.3, -0.25) is 9.89 Å². The monoisotopic (exact) mass is 360 g/mol. The van der Waals surface area contributed by atoms with Gasteiger partial charge in [-0.05, 0) is 19.1 Å². The number of aliphatic imine (C=N–C) groups is 1. The highest BCUT2D eigenvalue weighted by molar-refractivity contribution is 5.80. The van der Waals surface area contributed by atoms with Gasteiger partial charge >= 0.3 is 0 Å². The third-order valence-corrected chi connectivity index (χ3v) is 4.90. The lowest BCUT2D eigenvalue weighted by molar-refractivity contribution is 0.0394. The Hall–Kier alpha value is -1.79. The van der Waals surface area contributed by atoms with E-state index in [1.165, 1.54) is 0 Å². The molecule has 0 bridgehead atoms. The van der Waals surface area contributed by atoms with Crippen molar-refractivity contribution in [2.45, 2.75) is 25.9 Å². The van der Waals surface area contributed by atoms with Crippen LogP contribution in [0.25, 0.3) is 0 Å². The van der Waals surface area contributed by atoms with Gasteiger partial charge in [-0.2, -0.15) is 0 Å². The summed E-state index contributed by atoms with van der Waals surface area (Å²) in [6.45, 7) is 10.6. The van der Waals surface area contributed by atoms with Crippen LogP contribution in [0.5, 0.6) is 5.75 Å². The molecule has 144 valence electrons. The summed E-state index contributed by atoms with van der Waals surface area (Å²) >= 11 is 0. The van der Waals surface area contributed by atoms with Gasteiger partial charge in [-0.1, -0.05) is 18.2 Å². The molecule has 0 aliphatic carbocycles. The van der Waals surface area contributed by atoms with Crippen LogP contribution < -0.4 is 10.1 Å². The summed E-state index contributed by atoms with van der Waals surface area (Å²) in [5, 5.41) is 3.45. The van der Waals surface area contributed by atoms with Gasteiger partial charge in [0.1, 0.15) is 11.9 Å². The summed E-state index contributed by atoms with van der Waals surface area (Å²) in [5.41, 5.74) is 0. The first-order chi connectivity index (χ1) is 12.8. The van der Waals surface area contributed by atoms with Crippen LogP contribution in [0.2, 0.25) is 0 Å². The van der Waals surface area contributed by atoms with Crippen molar-refractivity contribution in [1.82, 2.24) is 15.1 Å². The first kappa shape index (κ1) is 19.0. The van der Waals surface area contributed by atoms with Gasteiger partial charge in [0.05, 0.1) is 19.8 Å². The smallest absolute Gasteiger partial charge is 0.193 e. The molecule has 0 spiro atoms. The van der Waals surface area contributed by atoms with Crippen molar-refractivity contribution >= 4 is 5.96 Å². The molecular formula is C20H32N4O2. The minimum atomic E-state index is 0.296. The van der Waals surface area contributed by atoms with E-state index in [9.17, 15) is 0 Å². The molecule has 0 atom stereocenters. The molecule has 0 aromatic heterocycles. The van der Waals surface area contributed by atoms with Crippen LogP contribution in [-0.4, -0.2) is 80.9 Å². The van der Waals surface area contributed by atoms with Crippen molar-refractivity contribution < 1.29 is 9.47 Å². The van der Waals surface area contributed by atoms with Gasteiger partial charge in [0.15, 0.2) is 5.96 Å². The van der Waals surface area contributed by atoms with E-state index in [2.05, 4.69) is 22.0 Å². The Morgan fingerprint density at radius 1 is 1.15 bits per heavy atom. The minimum absolute atomic E-state index is 0.296. The van der Waals surface area contributed by atoms with Crippen LogP contribution in [0.3, 0.4) is 0 Å². The summed E-state index contributed by atoms with van der Waals surface area (Å²) in [4.78, 5) is 9.64. The van der Waals surface area contributed by atoms with E-state index in [1.807, 2.05) is 30.3 Å². The molecule has 2 saturated heterocycles. The molecule has 0 saturated carbocycles. The summed E-state index contributed by atoms with van der Waals surface area (Å²) in [7, 11) is 0. The number of para-hydroxylation sites is 1. The van der Waals surface area contributed by atoms with Crippen molar-refractivity contribution in [2.24, 2.45) is 4.99 Å². The number of piperidine rings is 1. The van der Waals surface area contributed by atoms with Crippen LogP contribution in [0.1, 0.15) is 19.8 Å². The van der Waals surface area contributed by atoms with Crippen LogP contribution in [0.15, 0.2) is 35.3 Å². The second kappa shape index (κ2) is 10.4. The molecule has 3 rings (SSSR count).